The molecule has 0 radical (unpaired) electrons. The van der Waals surface area contributed by atoms with Crippen LogP contribution in [0.25, 0.3) is 5.76 Å². The van der Waals surface area contributed by atoms with E-state index in [0.29, 0.717) is 35.1 Å². The van der Waals surface area contributed by atoms with E-state index in [-0.39, 0.29) is 24.0 Å². The molecule has 2 fully saturated rings. The van der Waals surface area contributed by atoms with Crippen LogP contribution in [0.1, 0.15) is 36.9 Å². The standard InChI is InChI=1S/C24H24ClNO5/c1-2-30-16-11-9-15(10-12-16)22(27)20-21(18-7-3-4-8-19(18)25)26(24(29)23(20)28)14-17-6-5-13-31-17/h3-4,7-12,17,21,27H,2,5-6,13-14H2,1H3/b22-20+. The Kier molecular flexibility index (Phi) is 6.30. The van der Waals surface area contributed by atoms with Gasteiger partial charge in [0.15, 0.2) is 0 Å². The molecular formula is C24H24ClNO5. The summed E-state index contributed by atoms with van der Waals surface area (Å²) >= 11 is 6.45. The number of hydrogen-bond donors (Lipinski definition) is 1. The van der Waals surface area contributed by atoms with Crippen molar-refractivity contribution in [3.8, 4) is 5.75 Å². The van der Waals surface area contributed by atoms with Crippen LogP contribution in [0.5, 0.6) is 5.75 Å². The molecule has 7 heteroatoms. The van der Waals surface area contributed by atoms with Gasteiger partial charge < -0.3 is 19.5 Å². The van der Waals surface area contributed by atoms with Crippen molar-refractivity contribution >= 4 is 29.1 Å². The first-order valence-electron chi connectivity index (χ1n) is 10.4. The molecule has 0 bridgehead atoms. The zero-order chi connectivity index (χ0) is 22.0. The summed E-state index contributed by atoms with van der Waals surface area (Å²) in [5, 5.41) is 11.5. The third-order valence-electron chi connectivity index (χ3n) is 5.60. The number of amides is 1. The zero-order valence-electron chi connectivity index (χ0n) is 17.2. The molecule has 2 unspecified atom stereocenters. The number of Topliss-reactive ketones (excluding diaryl/α,β-unsaturated/α-hetero) is 1. The number of aliphatic hydroxyl groups excluding tert-OH is 1. The van der Waals surface area contributed by atoms with E-state index in [1.807, 2.05) is 6.92 Å². The lowest BCUT2D eigenvalue weighted by Crippen LogP contribution is -2.36. The van der Waals surface area contributed by atoms with Crippen molar-refractivity contribution in [3.63, 3.8) is 0 Å². The number of ketones is 1. The molecule has 0 spiro atoms. The number of carbonyl (C=O) groups is 2. The van der Waals surface area contributed by atoms with E-state index in [9.17, 15) is 14.7 Å². The molecule has 0 aliphatic carbocycles. The maximum atomic E-state index is 13.1. The fourth-order valence-electron chi connectivity index (χ4n) is 4.13. The number of likely N-dealkylation sites (tertiary alicyclic amines) is 1. The van der Waals surface area contributed by atoms with Gasteiger partial charge in [-0.2, -0.15) is 0 Å². The van der Waals surface area contributed by atoms with Crippen LogP contribution in [0.15, 0.2) is 54.1 Å². The average molecular weight is 442 g/mol. The van der Waals surface area contributed by atoms with Gasteiger partial charge in [-0.3, -0.25) is 9.59 Å². The molecule has 1 N–H and O–H groups in total. The highest BCUT2D eigenvalue weighted by Gasteiger charge is 2.47. The molecule has 2 aromatic rings. The molecule has 31 heavy (non-hydrogen) atoms. The van der Waals surface area contributed by atoms with Crippen molar-refractivity contribution in [3.05, 3.63) is 70.3 Å². The number of hydrogen-bond acceptors (Lipinski definition) is 5. The summed E-state index contributed by atoms with van der Waals surface area (Å²) in [5.41, 5.74) is 1.05. The van der Waals surface area contributed by atoms with E-state index in [1.165, 1.54) is 4.90 Å². The first-order chi connectivity index (χ1) is 15.0. The highest BCUT2D eigenvalue weighted by Crippen LogP contribution is 2.42. The Morgan fingerprint density at radius 2 is 1.94 bits per heavy atom. The summed E-state index contributed by atoms with van der Waals surface area (Å²) in [5.74, 6) is -0.969. The van der Waals surface area contributed by atoms with Crippen molar-refractivity contribution in [1.29, 1.82) is 0 Å². The molecule has 6 nitrogen and oxygen atoms in total. The Morgan fingerprint density at radius 3 is 2.58 bits per heavy atom. The number of ether oxygens (including phenoxy) is 2. The summed E-state index contributed by atoms with van der Waals surface area (Å²) < 4.78 is 11.1. The summed E-state index contributed by atoms with van der Waals surface area (Å²) in [6.45, 7) is 3.30. The van der Waals surface area contributed by atoms with Crippen molar-refractivity contribution in [2.24, 2.45) is 0 Å². The summed E-state index contributed by atoms with van der Waals surface area (Å²) in [6, 6.07) is 13.0. The topological polar surface area (TPSA) is 76.1 Å². The van der Waals surface area contributed by atoms with E-state index in [4.69, 9.17) is 21.1 Å². The molecule has 162 valence electrons. The summed E-state index contributed by atoms with van der Waals surface area (Å²) in [4.78, 5) is 27.5. The number of nitrogens with zero attached hydrogens (tertiary/aromatic N) is 1. The van der Waals surface area contributed by atoms with Gasteiger partial charge in [0.25, 0.3) is 11.7 Å². The highest BCUT2D eigenvalue weighted by atomic mass is 35.5. The predicted molar refractivity (Wildman–Crippen MR) is 117 cm³/mol. The zero-order valence-corrected chi connectivity index (χ0v) is 18.0. The highest BCUT2D eigenvalue weighted by molar-refractivity contribution is 6.47. The van der Waals surface area contributed by atoms with Crippen molar-refractivity contribution in [1.82, 2.24) is 4.90 Å². The fourth-order valence-corrected chi connectivity index (χ4v) is 4.37. The van der Waals surface area contributed by atoms with Crippen molar-refractivity contribution < 1.29 is 24.2 Å². The smallest absolute Gasteiger partial charge is 0.295 e. The van der Waals surface area contributed by atoms with Crippen LogP contribution in [-0.2, 0) is 14.3 Å². The first kappa shape index (κ1) is 21.4. The third-order valence-corrected chi connectivity index (χ3v) is 5.95. The van der Waals surface area contributed by atoms with Crippen LogP contribution >= 0.6 is 11.6 Å². The van der Waals surface area contributed by atoms with Crippen LogP contribution in [0.2, 0.25) is 5.02 Å². The van der Waals surface area contributed by atoms with Gasteiger partial charge in [0.1, 0.15) is 11.5 Å². The molecule has 0 saturated carbocycles. The molecule has 2 aliphatic rings. The monoisotopic (exact) mass is 441 g/mol. The number of carbonyl (C=O) groups excluding carboxylic acids is 2. The lowest BCUT2D eigenvalue weighted by atomic mass is 9.95. The van der Waals surface area contributed by atoms with E-state index in [1.54, 1.807) is 48.5 Å². The van der Waals surface area contributed by atoms with Gasteiger partial charge in [0.2, 0.25) is 0 Å². The molecule has 2 aromatic carbocycles. The number of aliphatic hydroxyl groups is 1. The van der Waals surface area contributed by atoms with Gasteiger partial charge in [0.05, 0.1) is 24.3 Å². The van der Waals surface area contributed by atoms with Crippen molar-refractivity contribution in [2.45, 2.75) is 31.9 Å². The molecule has 1 amide bonds. The second-order valence-electron chi connectivity index (χ2n) is 7.57. The number of benzene rings is 2. The van der Waals surface area contributed by atoms with Gasteiger partial charge >= 0.3 is 0 Å². The Balaban J connectivity index is 1.79. The number of halogens is 1. The van der Waals surface area contributed by atoms with Crippen LogP contribution in [0.4, 0.5) is 0 Å². The minimum absolute atomic E-state index is 0.0280. The van der Waals surface area contributed by atoms with Crippen LogP contribution in [0, 0.1) is 0 Å². The Bertz CT molecular complexity index is 1010. The molecule has 2 aliphatic heterocycles. The molecule has 2 saturated heterocycles. The first-order valence-corrected chi connectivity index (χ1v) is 10.8. The van der Waals surface area contributed by atoms with Gasteiger partial charge in [-0.05, 0) is 55.7 Å². The minimum atomic E-state index is -0.788. The maximum Gasteiger partial charge on any atom is 0.295 e. The average Bonchev–Trinajstić information content (AvgIpc) is 3.37. The Hall–Kier alpha value is -2.83. The SMILES string of the molecule is CCOc1ccc(/C(O)=C2\C(=O)C(=O)N(CC3CCCO3)C2c2ccccc2Cl)cc1. The van der Waals surface area contributed by atoms with E-state index in [0.717, 1.165) is 12.8 Å². The molecule has 4 rings (SSSR count). The summed E-state index contributed by atoms with van der Waals surface area (Å²) in [7, 11) is 0. The van der Waals surface area contributed by atoms with Gasteiger partial charge in [0, 0.05) is 23.7 Å². The van der Waals surface area contributed by atoms with Gasteiger partial charge in [-0.1, -0.05) is 29.8 Å². The quantitative estimate of drug-likeness (QED) is 0.410. The van der Waals surface area contributed by atoms with E-state index >= 15 is 0 Å². The fraction of sp³-hybridized carbons (Fsp3) is 0.333. The Labute approximate surface area is 186 Å². The minimum Gasteiger partial charge on any atom is -0.507 e. The molecular weight excluding hydrogens is 418 g/mol. The normalized spacial score (nSPS) is 22.8. The second kappa shape index (κ2) is 9.12. The Morgan fingerprint density at radius 1 is 1.19 bits per heavy atom. The number of rotatable bonds is 6. The van der Waals surface area contributed by atoms with Crippen LogP contribution < -0.4 is 4.74 Å². The van der Waals surface area contributed by atoms with Gasteiger partial charge in [-0.25, -0.2) is 0 Å². The second-order valence-corrected chi connectivity index (χ2v) is 7.97. The van der Waals surface area contributed by atoms with E-state index in [2.05, 4.69) is 0 Å². The van der Waals surface area contributed by atoms with E-state index < -0.39 is 17.7 Å². The lowest BCUT2D eigenvalue weighted by Gasteiger charge is -2.28. The summed E-state index contributed by atoms with van der Waals surface area (Å²) in [6.07, 6.45) is 1.59. The maximum absolute atomic E-state index is 13.1. The van der Waals surface area contributed by atoms with Gasteiger partial charge in [-0.15, -0.1) is 0 Å². The van der Waals surface area contributed by atoms with Crippen LogP contribution in [-0.4, -0.2) is 47.6 Å². The van der Waals surface area contributed by atoms with Crippen molar-refractivity contribution in [2.75, 3.05) is 19.8 Å². The largest absolute Gasteiger partial charge is 0.507 e. The molecule has 2 heterocycles. The third kappa shape index (κ3) is 4.18. The predicted octanol–water partition coefficient (Wildman–Crippen LogP) is 4.34. The van der Waals surface area contributed by atoms with Crippen LogP contribution in [0.3, 0.4) is 0 Å². The molecule has 0 aromatic heterocycles. The lowest BCUT2D eigenvalue weighted by molar-refractivity contribution is -0.140. The molecule has 2 atom stereocenters.